The molecule has 0 fully saturated rings. The molecule has 0 N–H and O–H groups in total. The Morgan fingerprint density at radius 2 is 0.970 bits per heavy atom. The normalized spacial score (nSPS) is 14.3. The third-order valence-electron chi connectivity index (χ3n) is 6.37. The molecule has 33 heavy (non-hydrogen) atoms. The molecule has 4 aromatic carbocycles. The minimum atomic E-state index is -4.73. The van der Waals surface area contributed by atoms with E-state index in [4.69, 9.17) is 0 Å². The molecule has 1 nitrogen and oxygen atoms in total. The summed E-state index contributed by atoms with van der Waals surface area (Å²) in [5.41, 5.74) is 2.07. The monoisotopic (exact) mass is 447 g/mol. The molecular weight excluding hydrogens is 426 g/mol. The van der Waals surface area contributed by atoms with E-state index in [0.717, 1.165) is 28.8 Å². The van der Waals surface area contributed by atoms with Gasteiger partial charge in [0, 0.05) is 13.1 Å². The molecule has 1 heterocycles. The number of fused-ring (bicyclic) bond motifs is 1. The van der Waals surface area contributed by atoms with Gasteiger partial charge in [0.1, 0.15) is 5.82 Å². The van der Waals surface area contributed by atoms with Crippen LogP contribution in [-0.2, 0) is 24.8 Å². The average Bonchev–Trinajstić information content (AvgIpc) is 3.23. The van der Waals surface area contributed by atoms with Gasteiger partial charge in [0.05, 0.1) is 11.1 Å². The van der Waals surface area contributed by atoms with Crippen molar-refractivity contribution in [3.63, 3.8) is 0 Å². The van der Waals surface area contributed by atoms with Crippen molar-refractivity contribution < 1.29 is 17.6 Å². The van der Waals surface area contributed by atoms with Crippen molar-refractivity contribution in [3.8, 4) is 0 Å². The quantitative estimate of drug-likeness (QED) is 0.237. The van der Waals surface area contributed by atoms with Crippen molar-refractivity contribution in [3.05, 3.63) is 142 Å². The molecular formula is C28H21F4N. The van der Waals surface area contributed by atoms with E-state index in [1.54, 1.807) is 0 Å². The Morgan fingerprint density at radius 3 is 1.36 bits per heavy atom. The highest BCUT2D eigenvalue weighted by Gasteiger charge is 2.45. The van der Waals surface area contributed by atoms with Gasteiger partial charge in [-0.15, -0.1) is 0 Å². The minimum Gasteiger partial charge on any atom is -0.277 e. The molecule has 0 radical (unpaired) electrons. The van der Waals surface area contributed by atoms with Gasteiger partial charge in [-0.25, -0.2) is 4.39 Å². The minimum absolute atomic E-state index is 0.261. The number of rotatable bonds is 4. The highest BCUT2D eigenvalue weighted by atomic mass is 19.4. The topological polar surface area (TPSA) is 3.24 Å². The molecule has 0 saturated heterocycles. The van der Waals surface area contributed by atoms with Gasteiger partial charge in [0.15, 0.2) is 0 Å². The van der Waals surface area contributed by atoms with Crippen molar-refractivity contribution >= 4 is 0 Å². The Morgan fingerprint density at radius 1 is 0.576 bits per heavy atom. The molecule has 0 atom stereocenters. The molecule has 166 valence electrons. The first-order valence-corrected chi connectivity index (χ1v) is 10.7. The summed E-state index contributed by atoms with van der Waals surface area (Å²) in [7, 11) is 0. The summed E-state index contributed by atoms with van der Waals surface area (Å²) in [6.45, 7) is 0.584. The van der Waals surface area contributed by atoms with Crippen LogP contribution in [0.2, 0.25) is 0 Å². The summed E-state index contributed by atoms with van der Waals surface area (Å²) in [6, 6.07) is 31.8. The maximum atomic E-state index is 14.4. The van der Waals surface area contributed by atoms with Crippen LogP contribution in [0.15, 0.2) is 103 Å². The van der Waals surface area contributed by atoms with E-state index < -0.39 is 23.1 Å². The molecule has 1 aliphatic heterocycles. The van der Waals surface area contributed by atoms with Gasteiger partial charge >= 0.3 is 6.18 Å². The smallest absolute Gasteiger partial charge is 0.277 e. The van der Waals surface area contributed by atoms with Crippen LogP contribution >= 0.6 is 0 Å². The molecule has 0 spiro atoms. The fourth-order valence-corrected chi connectivity index (χ4v) is 4.96. The van der Waals surface area contributed by atoms with Crippen LogP contribution in [0.25, 0.3) is 0 Å². The first-order chi connectivity index (χ1) is 15.9. The molecule has 0 bridgehead atoms. The van der Waals surface area contributed by atoms with Crippen LogP contribution in [0, 0.1) is 5.82 Å². The second-order valence-electron chi connectivity index (χ2n) is 8.26. The van der Waals surface area contributed by atoms with Gasteiger partial charge in [-0.05, 0) is 39.9 Å². The fraction of sp³-hybridized carbons (Fsp3) is 0.143. The van der Waals surface area contributed by atoms with E-state index in [9.17, 15) is 17.6 Å². The Labute approximate surface area is 189 Å². The van der Waals surface area contributed by atoms with E-state index in [1.165, 1.54) is 0 Å². The van der Waals surface area contributed by atoms with Crippen LogP contribution in [-0.4, -0.2) is 4.90 Å². The molecule has 5 rings (SSSR count). The second-order valence-corrected chi connectivity index (χ2v) is 8.26. The van der Waals surface area contributed by atoms with Gasteiger partial charge in [0.25, 0.3) is 0 Å². The third-order valence-corrected chi connectivity index (χ3v) is 6.37. The number of alkyl halides is 3. The van der Waals surface area contributed by atoms with Crippen molar-refractivity contribution in [2.24, 2.45) is 0 Å². The molecule has 0 aromatic heterocycles. The molecule has 0 unspecified atom stereocenters. The summed E-state index contributed by atoms with van der Waals surface area (Å²) in [5, 5.41) is 0. The standard InChI is InChI=1S/C28H21F4N/c29-26-17-21-19-33(18-20(21)16-25(26)28(30,31)32)27(22-10-4-1-5-11-22,23-12-6-2-7-13-23)24-14-8-3-9-15-24/h1-17H,18-19H2. The molecule has 1 aliphatic rings. The summed E-state index contributed by atoms with van der Waals surface area (Å²) >= 11 is 0. The first kappa shape index (κ1) is 21.4. The number of halogens is 4. The lowest BCUT2D eigenvalue weighted by Crippen LogP contribution is -2.45. The zero-order valence-electron chi connectivity index (χ0n) is 17.7. The van der Waals surface area contributed by atoms with Crippen LogP contribution < -0.4 is 0 Å². The van der Waals surface area contributed by atoms with Crippen molar-refractivity contribution in [2.75, 3.05) is 0 Å². The van der Waals surface area contributed by atoms with Gasteiger partial charge in [0.2, 0.25) is 0 Å². The number of benzene rings is 4. The van der Waals surface area contributed by atoms with Crippen LogP contribution in [0.1, 0.15) is 33.4 Å². The number of nitrogens with zero attached hydrogens (tertiary/aromatic N) is 1. The van der Waals surface area contributed by atoms with Crippen LogP contribution in [0.5, 0.6) is 0 Å². The summed E-state index contributed by atoms with van der Waals surface area (Å²) < 4.78 is 54.6. The largest absolute Gasteiger partial charge is 0.419 e. The van der Waals surface area contributed by atoms with Gasteiger partial charge < -0.3 is 0 Å². The van der Waals surface area contributed by atoms with Gasteiger partial charge in [-0.3, -0.25) is 4.90 Å². The predicted octanol–water partition coefficient (Wildman–Crippen LogP) is 7.15. The Kier molecular flexibility index (Phi) is 5.29. The van der Waals surface area contributed by atoms with E-state index >= 15 is 0 Å². The number of hydrogen-bond donors (Lipinski definition) is 0. The van der Waals surface area contributed by atoms with Crippen molar-refractivity contribution in [1.29, 1.82) is 0 Å². The summed E-state index contributed by atoms with van der Waals surface area (Å²) in [5.74, 6) is -1.23. The lowest BCUT2D eigenvalue weighted by molar-refractivity contribution is -0.140. The zero-order valence-corrected chi connectivity index (χ0v) is 17.7. The Balaban J connectivity index is 1.73. The zero-order chi connectivity index (χ0) is 23.1. The number of hydrogen-bond acceptors (Lipinski definition) is 1. The highest BCUT2D eigenvalue weighted by Crippen LogP contribution is 2.47. The predicted molar refractivity (Wildman–Crippen MR) is 120 cm³/mol. The van der Waals surface area contributed by atoms with Gasteiger partial charge in [-0.1, -0.05) is 91.0 Å². The average molecular weight is 447 g/mol. The lowest BCUT2D eigenvalue weighted by atomic mass is 9.75. The molecule has 4 aromatic rings. The van der Waals surface area contributed by atoms with Gasteiger partial charge in [-0.2, -0.15) is 13.2 Å². The summed E-state index contributed by atoms with van der Waals surface area (Å²) in [6.07, 6.45) is -4.73. The van der Waals surface area contributed by atoms with E-state index in [1.807, 2.05) is 91.0 Å². The first-order valence-electron chi connectivity index (χ1n) is 10.7. The van der Waals surface area contributed by atoms with E-state index in [-0.39, 0.29) is 6.54 Å². The van der Waals surface area contributed by atoms with E-state index in [0.29, 0.717) is 17.7 Å². The van der Waals surface area contributed by atoms with Crippen molar-refractivity contribution in [2.45, 2.75) is 24.8 Å². The summed E-state index contributed by atoms with van der Waals surface area (Å²) in [4.78, 5) is 2.14. The maximum Gasteiger partial charge on any atom is 0.419 e. The Hall–Kier alpha value is -3.44. The van der Waals surface area contributed by atoms with E-state index in [2.05, 4.69) is 4.90 Å². The third kappa shape index (κ3) is 3.62. The molecule has 0 aliphatic carbocycles. The van der Waals surface area contributed by atoms with Crippen LogP contribution in [0.4, 0.5) is 17.6 Å². The molecule has 0 amide bonds. The maximum absolute atomic E-state index is 14.4. The molecule has 5 heteroatoms. The fourth-order valence-electron chi connectivity index (χ4n) is 4.96. The second kappa shape index (κ2) is 8.16. The van der Waals surface area contributed by atoms with Crippen LogP contribution in [0.3, 0.4) is 0 Å². The lowest BCUT2D eigenvalue weighted by Gasteiger charge is -2.43. The SMILES string of the molecule is Fc1cc2c(cc1C(F)(F)F)CN(C(c1ccccc1)(c1ccccc1)c1ccccc1)C2. The Bertz CT molecular complexity index is 1160. The molecule has 0 saturated carbocycles. The highest BCUT2D eigenvalue weighted by molar-refractivity contribution is 5.51. The van der Waals surface area contributed by atoms with Crippen molar-refractivity contribution in [1.82, 2.24) is 4.90 Å².